The van der Waals surface area contributed by atoms with Gasteiger partial charge in [-0.15, -0.1) is 0 Å². The van der Waals surface area contributed by atoms with E-state index in [1.165, 1.54) is 31.4 Å². The molecule has 1 heterocycles. The maximum Gasteiger partial charge on any atom is 0.144 e. The van der Waals surface area contributed by atoms with Gasteiger partial charge in [0.25, 0.3) is 0 Å². The van der Waals surface area contributed by atoms with Gasteiger partial charge in [-0.05, 0) is 25.0 Å². The van der Waals surface area contributed by atoms with Crippen LogP contribution in [0.1, 0.15) is 25.7 Å². The lowest BCUT2D eigenvalue weighted by Gasteiger charge is -2.24. The van der Waals surface area contributed by atoms with Gasteiger partial charge in [0.2, 0.25) is 0 Å². The molecule has 0 atom stereocenters. The molecule has 1 aromatic rings. The lowest BCUT2D eigenvalue weighted by molar-refractivity contribution is 0.414. The molecule has 88 valence electrons. The highest BCUT2D eigenvalue weighted by Crippen LogP contribution is 2.31. The van der Waals surface area contributed by atoms with Crippen molar-refractivity contribution in [1.82, 2.24) is 0 Å². The standard InChI is InChI=1S/C13H20N2O/c1-16-13-10-11(14)6-7-12(13)15-8-4-2-3-5-9-15/h6-7,10H,2-5,8-9,14H2,1H3. The molecule has 0 bridgehead atoms. The Morgan fingerprint density at radius 2 is 1.81 bits per heavy atom. The van der Waals surface area contributed by atoms with Gasteiger partial charge in [-0.25, -0.2) is 0 Å². The zero-order valence-electron chi connectivity index (χ0n) is 9.91. The third-order valence-electron chi connectivity index (χ3n) is 3.15. The number of nitrogens with two attached hydrogens (primary N) is 1. The third-order valence-corrected chi connectivity index (χ3v) is 3.15. The van der Waals surface area contributed by atoms with Crippen molar-refractivity contribution in [2.24, 2.45) is 0 Å². The van der Waals surface area contributed by atoms with Crippen LogP contribution in [0, 0.1) is 0 Å². The number of benzene rings is 1. The highest BCUT2D eigenvalue weighted by Gasteiger charge is 2.13. The molecule has 0 unspecified atom stereocenters. The first-order valence-corrected chi connectivity index (χ1v) is 6.00. The third kappa shape index (κ3) is 2.40. The predicted octanol–water partition coefficient (Wildman–Crippen LogP) is 2.66. The minimum atomic E-state index is 0.760. The molecule has 0 amide bonds. The average Bonchev–Trinajstić information content (AvgIpc) is 2.57. The van der Waals surface area contributed by atoms with Crippen molar-refractivity contribution < 1.29 is 4.74 Å². The lowest BCUT2D eigenvalue weighted by Crippen LogP contribution is -2.24. The van der Waals surface area contributed by atoms with E-state index in [9.17, 15) is 0 Å². The first-order chi connectivity index (χ1) is 7.81. The average molecular weight is 220 g/mol. The summed E-state index contributed by atoms with van der Waals surface area (Å²) in [5.41, 5.74) is 7.70. The molecule has 0 radical (unpaired) electrons. The van der Waals surface area contributed by atoms with Crippen LogP contribution in [-0.2, 0) is 0 Å². The smallest absolute Gasteiger partial charge is 0.144 e. The molecule has 1 aromatic carbocycles. The largest absolute Gasteiger partial charge is 0.495 e. The number of hydrogen-bond acceptors (Lipinski definition) is 3. The van der Waals surface area contributed by atoms with Crippen LogP contribution >= 0.6 is 0 Å². The van der Waals surface area contributed by atoms with Crippen LogP contribution in [0.3, 0.4) is 0 Å². The summed E-state index contributed by atoms with van der Waals surface area (Å²) in [4.78, 5) is 2.41. The normalized spacial score (nSPS) is 16.9. The Balaban J connectivity index is 2.23. The number of nitrogens with zero attached hydrogens (tertiary/aromatic N) is 1. The van der Waals surface area contributed by atoms with Gasteiger partial charge >= 0.3 is 0 Å². The van der Waals surface area contributed by atoms with E-state index in [4.69, 9.17) is 10.5 Å². The molecule has 2 rings (SSSR count). The first-order valence-electron chi connectivity index (χ1n) is 6.00. The van der Waals surface area contributed by atoms with Crippen molar-refractivity contribution in [1.29, 1.82) is 0 Å². The molecule has 3 heteroatoms. The van der Waals surface area contributed by atoms with Gasteiger partial charge in [0.1, 0.15) is 5.75 Å². The van der Waals surface area contributed by atoms with Crippen molar-refractivity contribution in [3.63, 3.8) is 0 Å². The fourth-order valence-corrected chi connectivity index (χ4v) is 2.27. The summed E-state index contributed by atoms with van der Waals surface area (Å²) in [7, 11) is 1.70. The number of anilines is 2. The number of methoxy groups -OCH3 is 1. The Labute approximate surface area is 97.2 Å². The number of hydrogen-bond donors (Lipinski definition) is 1. The molecule has 2 N–H and O–H groups in total. The monoisotopic (exact) mass is 220 g/mol. The Morgan fingerprint density at radius 1 is 1.12 bits per heavy atom. The Hall–Kier alpha value is -1.38. The van der Waals surface area contributed by atoms with Crippen LogP contribution < -0.4 is 15.4 Å². The van der Waals surface area contributed by atoms with E-state index < -0.39 is 0 Å². The number of rotatable bonds is 2. The summed E-state index contributed by atoms with van der Waals surface area (Å²) in [6.07, 6.45) is 5.22. The highest BCUT2D eigenvalue weighted by molar-refractivity contribution is 5.64. The van der Waals surface area contributed by atoms with Crippen molar-refractivity contribution >= 4 is 11.4 Å². The van der Waals surface area contributed by atoms with Gasteiger partial charge in [0, 0.05) is 24.8 Å². The van der Waals surface area contributed by atoms with Crippen molar-refractivity contribution in [2.45, 2.75) is 25.7 Å². The number of ether oxygens (including phenoxy) is 1. The molecule has 1 saturated heterocycles. The second-order valence-corrected chi connectivity index (χ2v) is 4.33. The lowest BCUT2D eigenvalue weighted by atomic mass is 10.2. The Morgan fingerprint density at radius 3 is 2.44 bits per heavy atom. The summed E-state index contributed by atoms with van der Waals surface area (Å²) < 4.78 is 5.40. The maximum absolute atomic E-state index is 5.76. The van der Waals surface area contributed by atoms with E-state index in [2.05, 4.69) is 11.0 Å². The zero-order chi connectivity index (χ0) is 11.4. The van der Waals surface area contributed by atoms with Gasteiger partial charge in [-0.2, -0.15) is 0 Å². The Kier molecular flexibility index (Phi) is 3.54. The second-order valence-electron chi connectivity index (χ2n) is 4.33. The van der Waals surface area contributed by atoms with Crippen LogP contribution in [0.5, 0.6) is 5.75 Å². The minimum absolute atomic E-state index is 0.760. The maximum atomic E-state index is 5.76. The number of nitrogen functional groups attached to an aromatic ring is 1. The SMILES string of the molecule is COc1cc(N)ccc1N1CCCCCC1. The summed E-state index contributed by atoms with van der Waals surface area (Å²) in [5, 5.41) is 0. The first kappa shape index (κ1) is 11.1. The molecule has 3 nitrogen and oxygen atoms in total. The summed E-state index contributed by atoms with van der Waals surface area (Å²) in [6, 6.07) is 5.92. The van der Waals surface area contributed by atoms with E-state index in [1.807, 2.05) is 12.1 Å². The molecule has 1 aliphatic heterocycles. The summed E-state index contributed by atoms with van der Waals surface area (Å²) in [5.74, 6) is 0.891. The van der Waals surface area contributed by atoms with Crippen LogP contribution in [0.2, 0.25) is 0 Å². The minimum Gasteiger partial charge on any atom is -0.495 e. The molecule has 0 spiro atoms. The van der Waals surface area contributed by atoms with Crippen LogP contribution in [-0.4, -0.2) is 20.2 Å². The molecule has 1 aliphatic rings. The van der Waals surface area contributed by atoms with Crippen molar-refractivity contribution in [2.75, 3.05) is 30.8 Å². The van der Waals surface area contributed by atoms with Crippen LogP contribution in [0.15, 0.2) is 18.2 Å². The predicted molar refractivity (Wildman–Crippen MR) is 68.1 cm³/mol. The fourth-order valence-electron chi connectivity index (χ4n) is 2.27. The Bertz CT molecular complexity index is 344. The molecule has 0 aromatic heterocycles. The van der Waals surface area contributed by atoms with Crippen molar-refractivity contribution in [3.8, 4) is 5.75 Å². The van der Waals surface area contributed by atoms with E-state index >= 15 is 0 Å². The highest BCUT2D eigenvalue weighted by atomic mass is 16.5. The quantitative estimate of drug-likeness (QED) is 0.779. The summed E-state index contributed by atoms with van der Waals surface area (Å²) in [6.45, 7) is 2.25. The van der Waals surface area contributed by atoms with Gasteiger partial charge in [0.05, 0.1) is 12.8 Å². The molecule has 1 fully saturated rings. The molecular weight excluding hydrogens is 200 g/mol. The van der Waals surface area contributed by atoms with E-state index in [0.717, 1.165) is 24.5 Å². The van der Waals surface area contributed by atoms with E-state index in [-0.39, 0.29) is 0 Å². The van der Waals surface area contributed by atoms with Crippen LogP contribution in [0.4, 0.5) is 11.4 Å². The van der Waals surface area contributed by atoms with E-state index in [0.29, 0.717) is 0 Å². The van der Waals surface area contributed by atoms with Gasteiger partial charge < -0.3 is 15.4 Å². The fraction of sp³-hybridized carbons (Fsp3) is 0.538. The van der Waals surface area contributed by atoms with E-state index in [1.54, 1.807) is 7.11 Å². The van der Waals surface area contributed by atoms with Crippen LogP contribution in [0.25, 0.3) is 0 Å². The second kappa shape index (κ2) is 5.10. The van der Waals surface area contributed by atoms with Gasteiger partial charge in [-0.1, -0.05) is 12.8 Å². The molecule has 0 aliphatic carbocycles. The van der Waals surface area contributed by atoms with Gasteiger partial charge in [-0.3, -0.25) is 0 Å². The zero-order valence-corrected chi connectivity index (χ0v) is 9.91. The van der Waals surface area contributed by atoms with Gasteiger partial charge in [0.15, 0.2) is 0 Å². The topological polar surface area (TPSA) is 38.5 Å². The van der Waals surface area contributed by atoms with Crippen molar-refractivity contribution in [3.05, 3.63) is 18.2 Å². The summed E-state index contributed by atoms with van der Waals surface area (Å²) >= 11 is 0. The molecular formula is C13H20N2O. The molecule has 16 heavy (non-hydrogen) atoms. The molecule has 0 saturated carbocycles.